The molecule has 0 bridgehead atoms. The van der Waals surface area contributed by atoms with Gasteiger partial charge >= 0.3 is 0 Å². The van der Waals surface area contributed by atoms with Crippen LogP contribution in [0, 0.1) is 13.8 Å². The van der Waals surface area contributed by atoms with Crippen molar-refractivity contribution in [2.24, 2.45) is 0 Å². The van der Waals surface area contributed by atoms with Crippen molar-refractivity contribution in [1.82, 2.24) is 20.6 Å². The summed E-state index contributed by atoms with van der Waals surface area (Å²) in [7, 11) is 0. The molecule has 2 heterocycles. The van der Waals surface area contributed by atoms with E-state index in [2.05, 4.69) is 20.6 Å². The van der Waals surface area contributed by atoms with Crippen LogP contribution >= 0.6 is 0 Å². The molecule has 0 spiro atoms. The molecule has 88 valence electrons. The fourth-order valence-corrected chi connectivity index (χ4v) is 2.37. The molecule has 6 nitrogen and oxygen atoms in total. The molecule has 0 radical (unpaired) electrons. The zero-order chi connectivity index (χ0) is 12.3. The summed E-state index contributed by atoms with van der Waals surface area (Å²) in [5, 5.41) is 17.7. The Morgan fingerprint density at radius 3 is 1.50 bits per heavy atom. The highest BCUT2D eigenvalue weighted by atomic mass is 16.6. The maximum Gasteiger partial charge on any atom is 0.143 e. The summed E-state index contributed by atoms with van der Waals surface area (Å²) in [6.07, 6.45) is 0. The monoisotopic (exact) mass is 240 g/mol. The third-order valence-corrected chi connectivity index (χ3v) is 3.25. The van der Waals surface area contributed by atoms with Gasteiger partial charge in [-0.05, 0) is 57.7 Å². The number of aryl methyl sites for hydroxylation is 2. The van der Waals surface area contributed by atoms with Gasteiger partial charge in [0.15, 0.2) is 0 Å². The molecule has 0 saturated heterocycles. The highest BCUT2D eigenvalue weighted by molar-refractivity contribution is 6.14. The van der Waals surface area contributed by atoms with Crippen molar-refractivity contribution in [3.63, 3.8) is 0 Å². The fourth-order valence-electron chi connectivity index (χ4n) is 2.37. The van der Waals surface area contributed by atoms with Crippen molar-refractivity contribution in [3.05, 3.63) is 23.3 Å². The van der Waals surface area contributed by atoms with Crippen LogP contribution in [0.5, 0.6) is 0 Å². The maximum absolute atomic E-state index is 4.83. The highest BCUT2D eigenvalue weighted by Crippen LogP contribution is 2.32. The van der Waals surface area contributed by atoms with E-state index >= 15 is 0 Å². The summed E-state index contributed by atoms with van der Waals surface area (Å²) in [5.41, 5.74) is 5.03. The zero-order valence-corrected chi connectivity index (χ0v) is 9.76. The van der Waals surface area contributed by atoms with Crippen LogP contribution in [0.2, 0.25) is 0 Å². The molecule has 4 aromatic rings. The van der Waals surface area contributed by atoms with Crippen LogP contribution in [0.3, 0.4) is 0 Å². The highest BCUT2D eigenvalue weighted by Gasteiger charge is 2.15. The van der Waals surface area contributed by atoms with E-state index in [1.807, 2.05) is 26.0 Å². The lowest BCUT2D eigenvalue weighted by atomic mass is 10.0. The van der Waals surface area contributed by atoms with Crippen LogP contribution in [0.4, 0.5) is 0 Å². The molecular weight excluding hydrogens is 232 g/mol. The molecule has 0 amide bonds. The Morgan fingerprint density at radius 1 is 0.667 bits per heavy atom. The average molecular weight is 240 g/mol. The average Bonchev–Trinajstić information content (AvgIpc) is 2.98. The molecular formula is C12H8N4O2. The standard InChI is InChI=1S/C12H8N4O2/c1-5-3-7-8(11-9(5)13-17-15-11)4-6(2)10-12(7)16-18-14-10/h3-4H,1-2H3. The summed E-state index contributed by atoms with van der Waals surface area (Å²) < 4.78 is 9.66. The molecule has 0 atom stereocenters. The number of benzene rings is 2. The van der Waals surface area contributed by atoms with Gasteiger partial charge in [0.1, 0.15) is 22.1 Å². The fraction of sp³-hybridized carbons (Fsp3) is 0.167. The van der Waals surface area contributed by atoms with Crippen molar-refractivity contribution >= 4 is 32.8 Å². The molecule has 0 fully saturated rings. The first-order valence-corrected chi connectivity index (χ1v) is 5.53. The van der Waals surface area contributed by atoms with Crippen molar-refractivity contribution in [1.29, 1.82) is 0 Å². The normalized spacial score (nSPS) is 11.9. The van der Waals surface area contributed by atoms with E-state index in [-0.39, 0.29) is 0 Å². The van der Waals surface area contributed by atoms with Gasteiger partial charge in [-0.3, -0.25) is 0 Å². The number of hydrogen-bond acceptors (Lipinski definition) is 6. The van der Waals surface area contributed by atoms with Crippen molar-refractivity contribution in [2.75, 3.05) is 0 Å². The van der Waals surface area contributed by atoms with E-state index in [0.29, 0.717) is 0 Å². The Hall–Kier alpha value is -2.50. The Bertz CT molecular complexity index is 831. The Kier molecular flexibility index (Phi) is 1.61. The summed E-state index contributed by atoms with van der Waals surface area (Å²) in [4.78, 5) is 0. The van der Waals surface area contributed by atoms with Gasteiger partial charge in [-0.1, -0.05) is 0 Å². The van der Waals surface area contributed by atoms with Crippen molar-refractivity contribution in [3.8, 4) is 0 Å². The van der Waals surface area contributed by atoms with Crippen molar-refractivity contribution in [2.45, 2.75) is 13.8 Å². The van der Waals surface area contributed by atoms with Gasteiger partial charge in [0.05, 0.1) is 0 Å². The third kappa shape index (κ3) is 1.02. The van der Waals surface area contributed by atoms with Crippen LogP contribution in [-0.2, 0) is 0 Å². The molecule has 2 aromatic carbocycles. The molecule has 4 rings (SSSR count). The van der Waals surface area contributed by atoms with E-state index in [9.17, 15) is 0 Å². The molecule has 6 heteroatoms. The predicted octanol–water partition coefficient (Wildman–Crippen LogP) is 2.53. The van der Waals surface area contributed by atoms with Crippen LogP contribution in [0.25, 0.3) is 32.8 Å². The van der Waals surface area contributed by atoms with Crippen LogP contribution in [0.1, 0.15) is 11.1 Å². The lowest BCUT2D eigenvalue weighted by molar-refractivity contribution is 0.315. The third-order valence-electron chi connectivity index (χ3n) is 3.25. The van der Waals surface area contributed by atoms with Gasteiger partial charge in [-0.2, -0.15) is 0 Å². The summed E-state index contributed by atoms with van der Waals surface area (Å²) >= 11 is 0. The lowest BCUT2D eigenvalue weighted by Gasteiger charge is -2.02. The Morgan fingerprint density at radius 2 is 1.06 bits per heavy atom. The molecule has 18 heavy (non-hydrogen) atoms. The van der Waals surface area contributed by atoms with Gasteiger partial charge in [0, 0.05) is 10.8 Å². The van der Waals surface area contributed by atoms with E-state index in [0.717, 1.165) is 44.0 Å². The summed E-state index contributed by atoms with van der Waals surface area (Å²) in [6.45, 7) is 3.93. The van der Waals surface area contributed by atoms with Gasteiger partial charge in [-0.25, -0.2) is 9.26 Å². The predicted molar refractivity (Wildman–Crippen MR) is 64.1 cm³/mol. The lowest BCUT2D eigenvalue weighted by Crippen LogP contribution is -1.86. The Labute approximate surface area is 100 Å². The maximum atomic E-state index is 4.83. The number of fused-ring (bicyclic) bond motifs is 5. The zero-order valence-electron chi connectivity index (χ0n) is 9.76. The minimum absolute atomic E-state index is 0.748. The number of rotatable bonds is 0. The van der Waals surface area contributed by atoms with Gasteiger partial charge in [0.2, 0.25) is 0 Å². The Balaban J connectivity index is 2.40. The number of nitrogens with zero attached hydrogens (tertiary/aromatic N) is 4. The SMILES string of the molecule is Cc1cc2c(cc(C)c3nonc32)c2nonc12. The van der Waals surface area contributed by atoms with Crippen LogP contribution in [-0.4, -0.2) is 20.6 Å². The second kappa shape index (κ2) is 3.04. The van der Waals surface area contributed by atoms with Gasteiger partial charge in [-0.15, -0.1) is 0 Å². The molecule has 0 saturated carbocycles. The van der Waals surface area contributed by atoms with Crippen molar-refractivity contribution < 1.29 is 9.26 Å². The van der Waals surface area contributed by atoms with Gasteiger partial charge < -0.3 is 0 Å². The van der Waals surface area contributed by atoms with Crippen LogP contribution < -0.4 is 0 Å². The number of aromatic nitrogens is 4. The summed E-state index contributed by atoms with van der Waals surface area (Å²) in [6, 6.07) is 4.02. The van der Waals surface area contributed by atoms with E-state index in [1.165, 1.54) is 0 Å². The molecule has 2 aromatic heterocycles. The first-order valence-electron chi connectivity index (χ1n) is 5.53. The van der Waals surface area contributed by atoms with E-state index < -0.39 is 0 Å². The topological polar surface area (TPSA) is 77.8 Å². The molecule has 0 aliphatic carbocycles. The first-order chi connectivity index (χ1) is 8.75. The van der Waals surface area contributed by atoms with Crippen LogP contribution in [0.15, 0.2) is 21.4 Å². The largest absolute Gasteiger partial charge is 0.243 e. The van der Waals surface area contributed by atoms with E-state index in [4.69, 9.17) is 9.26 Å². The first kappa shape index (κ1) is 9.52. The second-order valence-corrected chi connectivity index (χ2v) is 4.40. The molecule has 0 unspecified atom stereocenters. The number of hydrogen-bond donors (Lipinski definition) is 0. The quantitative estimate of drug-likeness (QED) is 0.470. The summed E-state index contributed by atoms with van der Waals surface area (Å²) in [5.74, 6) is 0. The van der Waals surface area contributed by atoms with Gasteiger partial charge in [0.25, 0.3) is 0 Å². The molecule has 0 aliphatic heterocycles. The smallest absolute Gasteiger partial charge is 0.143 e. The molecule has 0 aliphatic rings. The second-order valence-electron chi connectivity index (χ2n) is 4.40. The van der Waals surface area contributed by atoms with E-state index in [1.54, 1.807) is 0 Å². The minimum atomic E-state index is 0.748. The molecule has 0 N–H and O–H groups in total. The minimum Gasteiger partial charge on any atom is -0.243 e.